The molecule has 1 atom stereocenters. The van der Waals surface area contributed by atoms with Gasteiger partial charge in [0.15, 0.2) is 0 Å². The number of nitrogens with zero attached hydrogens (tertiary/aromatic N) is 2. The summed E-state index contributed by atoms with van der Waals surface area (Å²) in [6.45, 7) is 7.88. The zero-order chi connectivity index (χ0) is 26.2. The van der Waals surface area contributed by atoms with Crippen molar-refractivity contribution in [1.29, 1.82) is 0 Å². The Morgan fingerprint density at radius 3 is 2.23 bits per heavy atom. The molecule has 0 bridgehead atoms. The monoisotopic (exact) mass is 521 g/mol. The fourth-order valence-corrected chi connectivity index (χ4v) is 4.99. The topological polar surface area (TPSA) is 86.8 Å². The van der Waals surface area contributed by atoms with Crippen LogP contribution in [0, 0.1) is 6.92 Å². The average molecular weight is 522 g/mol. The quantitative estimate of drug-likeness (QED) is 0.444. The van der Waals surface area contributed by atoms with Crippen molar-refractivity contribution in [3.05, 3.63) is 64.7 Å². The lowest BCUT2D eigenvalue weighted by molar-refractivity contribution is -0.141. The minimum atomic E-state index is -3.52. The highest BCUT2D eigenvalue weighted by Gasteiger charge is 2.29. The number of anilines is 1. The molecule has 0 aliphatic heterocycles. The van der Waals surface area contributed by atoms with Gasteiger partial charge in [-0.15, -0.1) is 0 Å². The number of aryl methyl sites for hydroxylation is 1. The number of benzene rings is 2. The average Bonchev–Trinajstić information content (AvgIpc) is 2.77. The van der Waals surface area contributed by atoms with E-state index in [-0.39, 0.29) is 37.4 Å². The third kappa shape index (κ3) is 8.54. The molecule has 0 spiro atoms. The van der Waals surface area contributed by atoms with Crippen LogP contribution in [0.2, 0.25) is 5.02 Å². The molecule has 2 aromatic carbocycles. The van der Waals surface area contributed by atoms with Gasteiger partial charge in [-0.2, -0.15) is 0 Å². The first kappa shape index (κ1) is 28.7. The van der Waals surface area contributed by atoms with E-state index in [1.54, 1.807) is 23.1 Å². The van der Waals surface area contributed by atoms with Gasteiger partial charge in [0.2, 0.25) is 21.8 Å². The van der Waals surface area contributed by atoms with Gasteiger partial charge in [0.25, 0.3) is 0 Å². The predicted octanol–water partition coefficient (Wildman–Crippen LogP) is 4.53. The van der Waals surface area contributed by atoms with Crippen LogP contribution >= 0.6 is 11.6 Å². The van der Waals surface area contributed by atoms with E-state index < -0.39 is 16.1 Å². The smallest absolute Gasteiger partial charge is 0.243 e. The van der Waals surface area contributed by atoms with Gasteiger partial charge in [0, 0.05) is 30.6 Å². The van der Waals surface area contributed by atoms with E-state index in [0.717, 1.165) is 17.4 Å². The number of carbonyl (C=O) groups is 2. The number of amides is 2. The highest BCUT2D eigenvalue weighted by atomic mass is 35.5. The summed E-state index contributed by atoms with van der Waals surface area (Å²) in [7, 11) is -3.52. The summed E-state index contributed by atoms with van der Waals surface area (Å²) in [6.07, 6.45) is 1.99. The normalized spacial score (nSPS) is 12.3. The molecular weight excluding hydrogens is 486 g/mol. The zero-order valence-electron chi connectivity index (χ0n) is 21.1. The standard InChI is InChI=1S/C26H36ClN3O4S/c1-6-24(26(32)28-19(2)3)29(18-21-10-7-8-11-23(21)27)25(31)12-9-17-30(35(5,33)34)22-15-13-20(4)14-16-22/h7-8,10-11,13-16,19,24H,6,9,12,17-18H2,1-5H3,(H,28,32). The van der Waals surface area contributed by atoms with Crippen LogP contribution in [0.3, 0.4) is 0 Å². The van der Waals surface area contributed by atoms with Crippen molar-refractivity contribution in [3.8, 4) is 0 Å². The van der Waals surface area contributed by atoms with Gasteiger partial charge in [-0.05, 0) is 57.4 Å². The molecule has 35 heavy (non-hydrogen) atoms. The fourth-order valence-electron chi connectivity index (χ4n) is 3.83. The Hall–Kier alpha value is -2.58. The van der Waals surface area contributed by atoms with Gasteiger partial charge in [0.05, 0.1) is 11.9 Å². The van der Waals surface area contributed by atoms with Crippen LogP contribution in [-0.2, 0) is 26.2 Å². The predicted molar refractivity (Wildman–Crippen MR) is 142 cm³/mol. The van der Waals surface area contributed by atoms with Crippen molar-refractivity contribution in [3.63, 3.8) is 0 Å². The third-order valence-electron chi connectivity index (χ3n) is 5.59. The van der Waals surface area contributed by atoms with Crippen LogP contribution in [0.1, 0.15) is 51.2 Å². The molecule has 0 aromatic heterocycles. The van der Waals surface area contributed by atoms with Crippen LogP contribution in [0.25, 0.3) is 0 Å². The van der Waals surface area contributed by atoms with Crippen molar-refractivity contribution in [2.75, 3.05) is 17.1 Å². The van der Waals surface area contributed by atoms with Crippen LogP contribution in [-0.4, -0.2) is 50.0 Å². The summed E-state index contributed by atoms with van der Waals surface area (Å²) < 4.78 is 26.1. The first-order valence-electron chi connectivity index (χ1n) is 11.8. The third-order valence-corrected chi connectivity index (χ3v) is 7.15. The summed E-state index contributed by atoms with van der Waals surface area (Å²) in [5, 5.41) is 3.42. The van der Waals surface area contributed by atoms with Crippen LogP contribution in [0.4, 0.5) is 5.69 Å². The van der Waals surface area contributed by atoms with Crippen molar-refractivity contribution < 1.29 is 18.0 Å². The van der Waals surface area contributed by atoms with Crippen molar-refractivity contribution in [1.82, 2.24) is 10.2 Å². The van der Waals surface area contributed by atoms with Crippen molar-refractivity contribution in [2.45, 2.75) is 65.6 Å². The SMILES string of the molecule is CCC(C(=O)NC(C)C)N(Cc1ccccc1Cl)C(=O)CCCN(c1ccc(C)cc1)S(C)(=O)=O. The maximum atomic E-state index is 13.4. The highest BCUT2D eigenvalue weighted by molar-refractivity contribution is 7.92. The second-order valence-corrected chi connectivity index (χ2v) is 11.3. The molecule has 0 fully saturated rings. The summed E-state index contributed by atoms with van der Waals surface area (Å²) in [5.41, 5.74) is 2.33. The maximum absolute atomic E-state index is 13.4. The Bertz CT molecular complexity index is 1100. The summed E-state index contributed by atoms with van der Waals surface area (Å²) in [4.78, 5) is 27.9. The van der Waals surface area contributed by atoms with E-state index in [1.165, 1.54) is 4.31 Å². The summed E-state index contributed by atoms with van der Waals surface area (Å²) in [6, 6.07) is 13.7. The molecule has 2 aromatic rings. The lowest BCUT2D eigenvalue weighted by Crippen LogP contribution is -2.50. The van der Waals surface area contributed by atoms with Crippen LogP contribution in [0.15, 0.2) is 48.5 Å². The summed E-state index contributed by atoms with van der Waals surface area (Å²) in [5.74, 6) is -0.451. The number of sulfonamides is 1. The largest absolute Gasteiger partial charge is 0.352 e. The van der Waals surface area contributed by atoms with Gasteiger partial charge in [-0.1, -0.05) is 54.4 Å². The van der Waals surface area contributed by atoms with E-state index in [9.17, 15) is 18.0 Å². The Labute approximate surface area is 214 Å². The first-order valence-corrected chi connectivity index (χ1v) is 14.0. The molecule has 1 unspecified atom stereocenters. The van der Waals surface area contributed by atoms with Crippen LogP contribution < -0.4 is 9.62 Å². The van der Waals surface area contributed by atoms with Crippen molar-refractivity contribution >= 4 is 39.1 Å². The second-order valence-electron chi connectivity index (χ2n) is 8.97. The lowest BCUT2D eigenvalue weighted by Gasteiger charge is -2.32. The molecule has 2 amide bonds. The highest BCUT2D eigenvalue weighted by Crippen LogP contribution is 2.22. The molecule has 192 valence electrons. The first-order chi connectivity index (χ1) is 16.4. The lowest BCUT2D eigenvalue weighted by atomic mass is 10.1. The van der Waals surface area contributed by atoms with E-state index >= 15 is 0 Å². The van der Waals surface area contributed by atoms with E-state index in [4.69, 9.17) is 11.6 Å². The maximum Gasteiger partial charge on any atom is 0.243 e. The molecule has 0 aliphatic carbocycles. The Kier molecular flexibility index (Phi) is 10.6. The molecule has 0 radical (unpaired) electrons. The molecule has 0 heterocycles. The van der Waals surface area contributed by atoms with E-state index in [2.05, 4.69) is 5.32 Å². The molecule has 1 N–H and O–H groups in total. The van der Waals surface area contributed by atoms with Gasteiger partial charge in [0.1, 0.15) is 6.04 Å². The molecular formula is C26H36ClN3O4S. The number of carbonyl (C=O) groups excluding carboxylic acids is 2. The Morgan fingerprint density at radius 1 is 1.06 bits per heavy atom. The van der Waals surface area contributed by atoms with Gasteiger partial charge in [-0.3, -0.25) is 13.9 Å². The molecule has 0 saturated carbocycles. The fraction of sp³-hybridized carbons (Fsp3) is 0.462. The molecule has 0 saturated heterocycles. The van der Waals surface area contributed by atoms with Gasteiger partial charge >= 0.3 is 0 Å². The van der Waals surface area contributed by atoms with Crippen molar-refractivity contribution in [2.24, 2.45) is 0 Å². The van der Waals surface area contributed by atoms with Gasteiger partial charge < -0.3 is 10.2 Å². The molecule has 0 aliphatic rings. The Morgan fingerprint density at radius 2 is 1.69 bits per heavy atom. The summed E-state index contributed by atoms with van der Waals surface area (Å²) >= 11 is 6.35. The zero-order valence-corrected chi connectivity index (χ0v) is 22.7. The molecule has 2 rings (SSSR count). The minimum Gasteiger partial charge on any atom is -0.352 e. The molecule has 7 nitrogen and oxygen atoms in total. The Balaban J connectivity index is 2.22. The number of rotatable bonds is 12. The van der Waals surface area contributed by atoms with Gasteiger partial charge in [-0.25, -0.2) is 8.42 Å². The number of hydrogen-bond donors (Lipinski definition) is 1. The number of nitrogens with one attached hydrogen (secondary N) is 1. The molecule has 9 heteroatoms. The number of hydrogen-bond acceptors (Lipinski definition) is 4. The van der Waals surface area contributed by atoms with Crippen LogP contribution in [0.5, 0.6) is 0 Å². The van der Waals surface area contributed by atoms with E-state index in [1.807, 2.05) is 58.0 Å². The van der Waals surface area contributed by atoms with E-state index in [0.29, 0.717) is 23.6 Å². The minimum absolute atomic E-state index is 0.0633. The number of halogens is 1. The second kappa shape index (κ2) is 12.9.